The zero-order valence-corrected chi connectivity index (χ0v) is 12.4. The Labute approximate surface area is 123 Å². The normalized spacial score (nSPS) is 12.1. The molecule has 4 heteroatoms. The number of aliphatic hydroxyl groups excluding tert-OH is 1. The molecule has 2 rings (SSSR count). The number of methoxy groups -OCH3 is 2. The summed E-state index contributed by atoms with van der Waals surface area (Å²) in [4.78, 5) is 0. The number of ether oxygens (including phenoxy) is 2. The summed E-state index contributed by atoms with van der Waals surface area (Å²) in [6.45, 7) is 1.94. The van der Waals surface area contributed by atoms with Crippen molar-refractivity contribution >= 4 is 11.6 Å². The molecule has 0 heterocycles. The van der Waals surface area contributed by atoms with Crippen molar-refractivity contribution < 1.29 is 14.6 Å². The van der Waals surface area contributed by atoms with Gasteiger partial charge in [-0.3, -0.25) is 0 Å². The van der Waals surface area contributed by atoms with Gasteiger partial charge in [0.1, 0.15) is 17.6 Å². The molecule has 1 N–H and O–H groups in total. The standard InChI is InChI=1S/C16H17ClO3/c1-10-8-11(5-7-14(10)19-2)16(18)12-4-6-13(17)15(9-12)20-3/h4-9,16,18H,1-3H3. The Morgan fingerprint density at radius 1 is 0.950 bits per heavy atom. The van der Waals surface area contributed by atoms with Crippen LogP contribution in [0.15, 0.2) is 36.4 Å². The minimum atomic E-state index is -0.731. The summed E-state index contributed by atoms with van der Waals surface area (Å²) in [6, 6.07) is 10.8. The molecular weight excluding hydrogens is 276 g/mol. The van der Waals surface area contributed by atoms with Crippen molar-refractivity contribution in [3.63, 3.8) is 0 Å². The lowest BCUT2D eigenvalue weighted by molar-refractivity contribution is 0.219. The van der Waals surface area contributed by atoms with Crippen molar-refractivity contribution in [1.29, 1.82) is 0 Å². The number of halogens is 1. The van der Waals surface area contributed by atoms with Gasteiger partial charge < -0.3 is 14.6 Å². The minimum absolute atomic E-state index is 0.523. The van der Waals surface area contributed by atoms with Crippen LogP contribution in [0.5, 0.6) is 11.5 Å². The molecule has 0 spiro atoms. The van der Waals surface area contributed by atoms with Crippen LogP contribution in [0.3, 0.4) is 0 Å². The molecule has 2 aromatic rings. The van der Waals surface area contributed by atoms with Crippen LogP contribution in [0, 0.1) is 6.92 Å². The Hall–Kier alpha value is -1.71. The lowest BCUT2D eigenvalue weighted by atomic mass is 9.99. The van der Waals surface area contributed by atoms with Crippen LogP contribution in [-0.4, -0.2) is 19.3 Å². The first-order chi connectivity index (χ1) is 9.56. The van der Waals surface area contributed by atoms with Gasteiger partial charge in [-0.1, -0.05) is 23.7 Å². The molecule has 1 atom stereocenters. The van der Waals surface area contributed by atoms with Gasteiger partial charge in [-0.05, 0) is 47.9 Å². The number of aryl methyl sites for hydroxylation is 1. The number of benzene rings is 2. The summed E-state index contributed by atoms with van der Waals surface area (Å²) >= 11 is 5.99. The van der Waals surface area contributed by atoms with Gasteiger partial charge in [0.25, 0.3) is 0 Å². The van der Waals surface area contributed by atoms with Crippen molar-refractivity contribution in [2.24, 2.45) is 0 Å². The van der Waals surface area contributed by atoms with Crippen LogP contribution in [0.2, 0.25) is 5.02 Å². The fourth-order valence-corrected chi connectivity index (χ4v) is 2.31. The zero-order chi connectivity index (χ0) is 14.7. The fraction of sp³-hybridized carbons (Fsp3) is 0.250. The van der Waals surface area contributed by atoms with Gasteiger partial charge in [-0.15, -0.1) is 0 Å². The summed E-state index contributed by atoms with van der Waals surface area (Å²) < 4.78 is 10.4. The van der Waals surface area contributed by atoms with Gasteiger partial charge in [0, 0.05) is 0 Å². The zero-order valence-electron chi connectivity index (χ0n) is 11.7. The highest BCUT2D eigenvalue weighted by Gasteiger charge is 2.14. The van der Waals surface area contributed by atoms with E-state index in [-0.39, 0.29) is 0 Å². The van der Waals surface area contributed by atoms with Crippen LogP contribution < -0.4 is 9.47 Å². The molecule has 3 nitrogen and oxygen atoms in total. The van der Waals surface area contributed by atoms with Gasteiger partial charge in [-0.25, -0.2) is 0 Å². The number of rotatable bonds is 4. The largest absolute Gasteiger partial charge is 0.496 e. The number of hydrogen-bond donors (Lipinski definition) is 1. The maximum Gasteiger partial charge on any atom is 0.137 e. The minimum Gasteiger partial charge on any atom is -0.496 e. The second kappa shape index (κ2) is 6.16. The van der Waals surface area contributed by atoms with Crippen molar-refractivity contribution in [1.82, 2.24) is 0 Å². The Bertz CT molecular complexity index is 611. The Morgan fingerprint density at radius 3 is 2.15 bits per heavy atom. The van der Waals surface area contributed by atoms with Gasteiger partial charge in [0.05, 0.1) is 19.2 Å². The summed E-state index contributed by atoms with van der Waals surface area (Å²) in [6.07, 6.45) is -0.731. The molecule has 0 radical (unpaired) electrons. The highest BCUT2D eigenvalue weighted by Crippen LogP contribution is 2.31. The third-order valence-corrected chi connectivity index (χ3v) is 3.54. The smallest absolute Gasteiger partial charge is 0.137 e. The second-order valence-electron chi connectivity index (χ2n) is 4.53. The summed E-state index contributed by atoms with van der Waals surface area (Å²) in [5.74, 6) is 1.35. The van der Waals surface area contributed by atoms with E-state index in [9.17, 15) is 5.11 Å². The van der Waals surface area contributed by atoms with Crippen molar-refractivity contribution in [3.8, 4) is 11.5 Å². The van der Waals surface area contributed by atoms with E-state index in [2.05, 4.69) is 0 Å². The predicted octanol–water partition coefficient (Wildman–Crippen LogP) is 3.75. The van der Waals surface area contributed by atoms with E-state index in [1.54, 1.807) is 32.4 Å². The van der Waals surface area contributed by atoms with E-state index in [1.807, 2.05) is 25.1 Å². The molecule has 0 aliphatic heterocycles. The van der Waals surface area contributed by atoms with E-state index >= 15 is 0 Å². The third kappa shape index (κ3) is 2.89. The van der Waals surface area contributed by atoms with Crippen LogP contribution in [-0.2, 0) is 0 Å². The Morgan fingerprint density at radius 2 is 1.55 bits per heavy atom. The van der Waals surface area contributed by atoms with E-state index in [0.29, 0.717) is 10.8 Å². The molecule has 0 bridgehead atoms. The summed E-state index contributed by atoms with van der Waals surface area (Å²) in [5.41, 5.74) is 2.51. The quantitative estimate of drug-likeness (QED) is 0.933. The van der Waals surface area contributed by atoms with Crippen LogP contribution in [0.1, 0.15) is 22.8 Å². The van der Waals surface area contributed by atoms with Crippen molar-refractivity contribution in [2.45, 2.75) is 13.0 Å². The number of aliphatic hydroxyl groups is 1. The molecule has 1 unspecified atom stereocenters. The first-order valence-electron chi connectivity index (χ1n) is 6.23. The molecular formula is C16H17ClO3. The summed E-state index contributed by atoms with van der Waals surface area (Å²) in [7, 11) is 3.18. The molecule has 0 saturated heterocycles. The molecule has 2 aromatic carbocycles. The van der Waals surface area contributed by atoms with Gasteiger partial charge >= 0.3 is 0 Å². The molecule has 20 heavy (non-hydrogen) atoms. The molecule has 0 aromatic heterocycles. The Balaban J connectivity index is 2.35. The fourth-order valence-electron chi connectivity index (χ4n) is 2.11. The van der Waals surface area contributed by atoms with Crippen molar-refractivity contribution in [2.75, 3.05) is 14.2 Å². The average Bonchev–Trinajstić information content (AvgIpc) is 2.47. The first-order valence-corrected chi connectivity index (χ1v) is 6.60. The highest BCUT2D eigenvalue weighted by molar-refractivity contribution is 6.32. The third-order valence-electron chi connectivity index (χ3n) is 3.23. The lowest BCUT2D eigenvalue weighted by Gasteiger charge is -2.15. The molecule has 0 aliphatic carbocycles. The number of hydrogen-bond acceptors (Lipinski definition) is 3. The average molecular weight is 293 g/mol. The second-order valence-corrected chi connectivity index (χ2v) is 4.93. The van der Waals surface area contributed by atoms with E-state index in [4.69, 9.17) is 21.1 Å². The Kier molecular flexibility index (Phi) is 4.53. The van der Waals surface area contributed by atoms with Gasteiger partial charge in [-0.2, -0.15) is 0 Å². The summed E-state index contributed by atoms with van der Waals surface area (Å²) in [5, 5.41) is 11.0. The monoisotopic (exact) mass is 292 g/mol. The van der Waals surface area contributed by atoms with Gasteiger partial charge in [0.15, 0.2) is 0 Å². The van der Waals surface area contributed by atoms with Gasteiger partial charge in [0.2, 0.25) is 0 Å². The maximum atomic E-state index is 10.5. The highest BCUT2D eigenvalue weighted by atomic mass is 35.5. The lowest BCUT2D eigenvalue weighted by Crippen LogP contribution is -2.01. The topological polar surface area (TPSA) is 38.7 Å². The van der Waals surface area contributed by atoms with E-state index < -0.39 is 6.10 Å². The molecule has 0 amide bonds. The molecule has 0 aliphatic rings. The van der Waals surface area contributed by atoms with E-state index in [0.717, 1.165) is 22.4 Å². The van der Waals surface area contributed by atoms with Crippen LogP contribution >= 0.6 is 11.6 Å². The molecule has 0 saturated carbocycles. The molecule has 106 valence electrons. The van der Waals surface area contributed by atoms with E-state index in [1.165, 1.54) is 0 Å². The van der Waals surface area contributed by atoms with Crippen molar-refractivity contribution in [3.05, 3.63) is 58.1 Å². The SMILES string of the molecule is COc1ccc(C(O)c2ccc(Cl)c(OC)c2)cc1C. The first kappa shape index (κ1) is 14.7. The molecule has 0 fully saturated rings. The van der Waals surface area contributed by atoms with Crippen LogP contribution in [0.25, 0.3) is 0 Å². The maximum absolute atomic E-state index is 10.5. The van der Waals surface area contributed by atoms with Crippen LogP contribution in [0.4, 0.5) is 0 Å². The predicted molar refractivity (Wildman–Crippen MR) is 79.8 cm³/mol.